The Morgan fingerprint density at radius 1 is 0.937 bits per heavy atom. The number of aromatic nitrogens is 2. The quantitative estimate of drug-likeness (QED) is 0.277. The van der Waals surface area contributed by atoms with Crippen LogP contribution in [0.2, 0.25) is 5.02 Å². The molecule has 2 aromatic carbocycles. The molecule has 4 aliphatic heterocycles. The molecule has 5 heterocycles. The zero-order valence-electron chi connectivity index (χ0n) is 36.1. The van der Waals surface area contributed by atoms with Crippen molar-refractivity contribution >= 4 is 52.8 Å². The van der Waals surface area contributed by atoms with Gasteiger partial charge in [0.25, 0.3) is 17.7 Å². The third-order valence-electron chi connectivity index (χ3n) is 13.6. The molecule has 0 bridgehead atoms. The fourth-order valence-electron chi connectivity index (χ4n) is 10.6. The first kappa shape index (κ1) is 43.9. The zero-order valence-corrected chi connectivity index (χ0v) is 36.9. The summed E-state index contributed by atoms with van der Waals surface area (Å²) in [4.78, 5) is 80.6. The summed E-state index contributed by atoms with van der Waals surface area (Å²) in [6.07, 6.45) is 1.33. The maximum atomic E-state index is 16.0. The van der Waals surface area contributed by atoms with Gasteiger partial charge in [-0.05, 0) is 57.2 Å². The Balaban J connectivity index is 0.839. The Bertz CT molecular complexity index is 2440. The number of ether oxygens (including phenoxy) is 1. The molecule has 63 heavy (non-hydrogen) atoms. The van der Waals surface area contributed by atoms with Gasteiger partial charge in [0.1, 0.15) is 35.5 Å². The van der Waals surface area contributed by atoms with Crippen LogP contribution in [0.25, 0.3) is 0 Å². The van der Waals surface area contributed by atoms with Crippen LogP contribution in [-0.4, -0.2) is 113 Å². The van der Waals surface area contributed by atoms with Crippen molar-refractivity contribution in [1.29, 1.82) is 5.26 Å². The van der Waals surface area contributed by atoms with Crippen molar-refractivity contribution in [3.05, 3.63) is 74.6 Å². The van der Waals surface area contributed by atoms with E-state index in [4.69, 9.17) is 26.3 Å². The summed E-state index contributed by atoms with van der Waals surface area (Å²) in [5.74, 6) is -4.17. The number of anilines is 2. The second kappa shape index (κ2) is 16.4. The van der Waals surface area contributed by atoms with Crippen LogP contribution >= 0.6 is 11.6 Å². The highest BCUT2D eigenvalue weighted by Crippen LogP contribution is 2.55. The normalized spacial score (nSPS) is 23.6. The van der Waals surface area contributed by atoms with Crippen molar-refractivity contribution in [2.75, 3.05) is 55.6 Å². The number of hydrogen-bond donors (Lipinski definition) is 2. The number of imide groups is 2. The molecule has 2 N–H and O–H groups in total. The van der Waals surface area contributed by atoms with E-state index in [0.29, 0.717) is 76.2 Å². The first-order valence-corrected chi connectivity index (χ1v) is 21.7. The number of nitriles is 1. The molecule has 18 heteroatoms. The van der Waals surface area contributed by atoms with Crippen LogP contribution in [0.15, 0.2) is 24.3 Å². The number of benzene rings is 2. The number of rotatable bonds is 9. The van der Waals surface area contributed by atoms with Gasteiger partial charge < -0.3 is 19.9 Å². The van der Waals surface area contributed by atoms with Gasteiger partial charge in [-0.25, -0.2) is 18.7 Å². The van der Waals surface area contributed by atoms with E-state index in [1.165, 1.54) is 0 Å². The van der Waals surface area contributed by atoms with Gasteiger partial charge >= 0.3 is 0 Å². The van der Waals surface area contributed by atoms with E-state index in [1.54, 1.807) is 23.1 Å². The van der Waals surface area contributed by atoms with E-state index < -0.39 is 63.3 Å². The molecule has 5 aliphatic rings. The standard InChI is InChI=1S/C45H50ClF2N9O6/c1-23-33(38(60)53-41-44(3,4)42(45(41,5)6)63-27-8-7-26(21-49)29(46)19-27)24(2)51-43(50-23)56-13-11-25(12-14-56)22-54-15-17-55(18-16-54)36-30(47)20-28-34(35(36)48)40(62)57(39(28)61)31-9-10-32(58)52-37(31)59/h7-8,19-20,25,31,41-42H,9-18,22H2,1-6H3,(H,53,60)(H,52,58,59). The van der Waals surface area contributed by atoms with E-state index in [1.807, 2.05) is 13.8 Å². The summed E-state index contributed by atoms with van der Waals surface area (Å²) in [5.41, 5.74) is -0.252. The molecule has 1 unspecified atom stereocenters. The van der Waals surface area contributed by atoms with E-state index in [0.717, 1.165) is 38.5 Å². The average Bonchev–Trinajstić information content (AvgIpc) is 3.47. The molecule has 1 aliphatic carbocycles. The van der Waals surface area contributed by atoms with Crippen LogP contribution in [0.5, 0.6) is 5.75 Å². The molecule has 5 amide bonds. The predicted molar refractivity (Wildman–Crippen MR) is 228 cm³/mol. The number of fused-ring (bicyclic) bond motifs is 1. The van der Waals surface area contributed by atoms with Crippen molar-refractivity contribution in [3.63, 3.8) is 0 Å². The number of piperidine rings is 2. The number of halogens is 3. The lowest BCUT2D eigenvalue weighted by molar-refractivity contribution is -0.164. The maximum Gasteiger partial charge on any atom is 0.265 e. The molecule has 3 aromatic rings. The Morgan fingerprint density at radius 3 is 2.19 bits per heavy atom. The van der Waals surface area contributed by atoms with Crippen molar-refractivity contribution in [2.24, 2.45) is 16.7 Å². The minimum atomic E-state index is -1.28. The fourth-order valence-corrected chi connectivity index (χ4v) is 10.8. The number of nitrogens with zero attached hydrogens (tertiary/aromatic N) is 7. The molecule has 1 aromatic heterocycles. The van der Waals surface area contributed by atoms with E-state index >= 15 is 8.78 Å². The lowest BCUT2D eigenvalue weighted by Gasteiger charge is -2.63. The van der Waals surface area contributed by atoms with Crippen LogP contribution in [0.1, 0.15) is 101 Å². The van der Waals surface area contributed by atoms with E-state index in [9.17, 15) is 29.2 Å². The minimum Gasteiger partial charge on any atom is -0.489 e. The molecule has 0 radical (unpaired) electrons. The lowest BCUT2D eigenvalue weighted by atomic mass is 9.49. The molecule has 0 spiro atoms. The Labute approximate surface area is 369 Å². The van der Waals surface area contributed by atoms with Gasteiger partial charge in [0.05, 0.1) is 38.7 Å². The Hall–Kier alpha value is -5.73. The first-order valence-electron chi connectivity index (χ1n) is 21.3. The maximum absolute atomic E-state index is 16.0. The summed E-state index contributed by atoms with van der Waals surface area (Å²) in [6.45, 7) is 15.8. The molecule has 3 saturated heterocycles. The monoisotopic (exact) mass is 885 g/mol. The SMILES string of the molecule is Cc1nc(N2CCC(CN3CCN(c4c(F)cc5c(c4F)C(=O)N(C4CCC(=O)NC4=O)C5=O)CC3)CC2)nc(C)c1C(=O)NC1C(C)(C)C(Oc2ccc(C#N)c(Cl)c2)C1(C)C. The molecule has 1 atom stereocenters. The van der Waals surface area contributed by atoms with Crippen LogP contribution < -0.4 is 25.2 Å². The van der Waals surface area contributed by atoms with Gasteiger partial charge in [0.15, 0.2) is 5.82 Å². The summed E-state index contributed by atoms with van der Waals surface area (Å²) in [5, 5.41) is 14.9. The molecule has 332 valence electrons. The molecule has 1 saturated carbocycles. The molecular weight excluding hydrogens is 836 g/mol. The minimum absolute atomic E-state index is 0.0858. The summed E-state index contributed by atoms with van der Waals surface area (Å²) < 4.78 is 37.9. The smallest absolute Gasteiger partial charge is 0.265 e. The van der Waals surface area contributed by atoms with Gasteiger partial charge in [-0.1, -0.05) is 39.3 Å². The third kappa shape index (κ3) is 7.75. The van der Waals surface area contributed by atoms with Crippen LogP contribution in [-0.2, 0) is 9.59 Å². The van der Waals surface area contributed by atoms with E-state index in [2.05, 4.69) is 54.2 Å². The zero-order chi connectivity index (χ0) is 45.3. The fraction of sp³-hybridized carbons (Fsp3) is 0.511. The second-order valence-electron chi connectivity index (χ2n) is 18.5. The van der Waals surface area contributed by atoms with Gasteiger partial charge in [-0.2, -0.15) is 5.26 Å². The predicted octanol–water partition coefficient (Wildman–Crippen LogP) is 4.95. The van der Waals surface area contributed by atoms with Crippen molar-refractivity contribution < 1.29 is 37.5 Å². The van der Waals surface area contributed by atoms with Crippen LogP contribution in [0.4, 0.5) is 20.4 Å². The molecular formula is C45H50ClF2N9O6. The number of piperazine rings is 1. The Morgan fingerprint density at radius 2 is 1.59 bits per heavy atom. The van der Waals surface area contributed by atoms with Crippen LogP contribution in [0, 0.1) is 53.6 Å². The van der Waals surface area contributed by atoms with Gasteiger partial charge in [0, 0.05) is 75.2 Å². The number of hydrogen-bond acceptors (Lipinski definition) is 12. The number of carbonyl (C=O) groups excluding carboxylic acids is 5. The highest BCUT2D eigenvalue weighted by atomic mass is 35.5. The topological polar surface area (TPSA) is 181 Å². The van der Waals surface area contributed by atoms with Crippen molar-refractivity contribution in [3.8, 4) is 11.8 Å². The molecule has 4 fully saturated rings. The highest BCUT2D eigenvalue weighted by Gasteiger charge is 2.64. The highest BCUT2D eigenvalue weighted by molar-refractivity contribution is 6.31. The number of carbonyl (C=O) groups is 5. The van der Waals surface area contributed by atoms with Crippen molar-refractivity contribution in [1.82, 2.24) is 30.4 Å². The first-order chi connectivity index (χ1) is 29.8. The lowest BCUT2D eigenvalue weighted by Crippen LogP contribution is -2.74. The van der Waals surface area contributed by atoms with Gasteiger partial charge in [0.2, 0.25) is 17.8 Å². The van der Waals surface area contributed by atoms with E-state index in [-0.39, 0.29) is 36.6 Å². The summed E-state index contributed by atoms with van der Waals surface area (Å²) in [7, 11) is 0. The number of nitrogens with one attached hydrogen (secondary N) is 2. The molecule has 15 nitrogen and oxygen atoms in total. The second-order valence-corrected chi connectivity index (χ2v) is 18.9. The largest absolute Gasteiger partial charge is 0.489 e. The Kier molecular flexibility index (Phi) is 11.5. The average molecular weight is 886 g/mol. The number of aryl methyl sites for hydroxylation is 2. The van der Waals surface area contributed by atoms with Gasteiger partial charge in [-0.15, -0.1) is 0 Å². The summed E-state index contributed by atoms with van der Waals surface area (Å²) >= 11 is 6.26. The summed E-state index contributed by atoms with van der Waals surface area (Å²) in [6, 6.07) is 6.42. The van der Waals surface area contributed by atoms with Gasteiger partial charge in [-0.3, -0.25) is 39.1 Å². The number of amides is 5. The molecule has 8 rings (SSSR count). The third-order valence-corrected chi connectivity index (χ3v) is 13.9. The van der Waals surface area contributed by atoms with Crippen LogP contribution in [0.3, 0.4) is 0 Å². The van der Waals surface area contributed by atoms with Crippen molar-refractivity contribution in [2.45, 2.75) is 85.4 Å².